The van der Waals surface area contributed by atoms with Crippen LogP contribution in [-0.4, -0.2) is 21.6 Å². The van der Waals surface area contributed by atoms with Crippen LogP contribution in [-0.2, 0) is 10.0 Å². The van der Waals surface area contributed by atoms with Crippen molar-refractivity contribution in [2.45, 2.75) is 37.6 Å². The van der Waals surface area contributed by atoms with Gasteiger partial charge in [0, 0.05) is 6.04 Å². The Morgan fingerprint density at radius 1 is 1.44 bits per heavy atom. The first-order chi connectivity index (χ1) is 8.40. The van der Waals surface area contributed by atoms with Crippen molar-refractivity contribution in [3.8, 4) is 5.75 Å². The van der Waals surface area contributed by atoms with Gasteiger partial charge < -0.3 is 10.5 Å². The Kier molecular flexibility index (Phi) is 4.98. The summed E-state index contributed by atoms with van der Waals surface area (Å²) in [6, 6.07) is 4.34. The van der Waals surface area contributed by atoms with Crippen LogP contribution in [0.25, 0.3) is 0 Å². The zero-order chi connectivity index (χ0) is 13.8. The first-order valence-electron chi connectivity index (χ1n) is 5.86. The van der Waals surface area contributed by atoms with Crippen molar-refractivity contribution in [2.75, 3.05) is 12.8 Å². The second-order valence-corrected chi connectivity index (χ2v) is 5.93. The lowest BCUT2D eigenvalue weighted by molar-refractivity contribution is 0.416. The van der Waals surface area contributed by atoms with Crippen LogP contribution in [0.15, 0.2) is 23.1 Å². The number of ether oxygens (including phenoxy) is 1. The van der Waals surface area contributed by atoms with Crippen molar-refractivity contribution in [3.63, 3.8) is 0 Å². The molecule has 0 bridgehead atoms. The summed E-state index contributed by atoms with van der Waals surface area (Å²) >= 11 is 0. The van der Waals surface area contributed by atoms with Crippen LogP contribution < -0.4 is 15.2 Å². The number of nitrogens with one attached hydrogen (secondary N) is 1. The third kappa shape index (κ3) is 3.61. The second-order valence-electron chi connectivity index (χ2n) is 4.21. The minimum atomic E-state index is -3.51. The predicted octanol–water partition coefficient (Wildman–Crippen LogP) is 1.74. The average Bonchev–Trinajstić information content (AvgIpc) is 2.28. The molecule has 0 aliphatic rings. The Morgan fingerprint density at radius 3 is 2.61 bits per heavy atom. The summed E-state index contributed by atoms with van der Waals surface area (Å²) in [6.07, 6.45) is 1.72. The predicted molar refractivity (Wildman–Crippen MR) is 72.1 cm³/mol. The van der Waals surface area contributed by atoms with Gasteiger partial charge in [-0.3, -0.25) is 0 Å². The first-order valence-corrected chi connectivity index (χ1v) is 7.35. The number of anilines is 1. The topological polar surface area (TPSA) is 81.4 Å². The van der Waals surface area contributed by atoms with Gasteiger partial charge in [0.25, 0.3) is 0 Å². The molecule has 102 valence electrons. The van der Waals surface area contributed by atoms with E-state index in [2.05, 4.69) is 4.72 Å². The Bertz CT molecular complexity index is 500. The van der Waals surface area contributed by atoms with Gasteiger partial charge in [0.1, 0.15) is 5.75 Å². The van der Waals surface area contributed by atoms with E-state index >= 15 is 0 Å². The third-order valence-electron chi connectivity index (χ3n) is 2.59. The molecule has 0 saturated carbocycles. The van der Waals surface area contributed by atoms with Crippen molar-refractivity contribution in [2.24, 2.45) is 0 Å². The molecule has 0 spiro atoms. The summed E-state index contributed by atoms with van der Waals surface area (Å²) in [5.41, 5.74) is 6.01. The molecule has 1 atom stereocenters. The highest BCUT2D eigenvalue weighted by atomic mass is 32.2. The van der Waals surface area contributed by atoms with Crippen LogP contribution in [0, 0.1) is 0 Å². The summed E-state index contributed by atoms with van der Waals surface area (Å²) in [4.78, 5) is 0.156. The Morgan fingerprint density at radius 2 is 2.11 bits per heavy atom. The van der Waals surface area contributed by atoms with Gasteiger partial charge in [-0.05, 0) is 31.5 Å². The fourth-order valence-electron chi connectivity index (χ4n) is 1.70. The van der Waals surface area contributed by atoms with E-state index in [1.165, 1.54) is 19.2 Å². The normalized spacial score (nSPS) is 13.3. The number of nitrogens with two attached hydrogens (primary N) is 1. The number of hydrogen-bond acceptors (Lipinski definition) is 4. The summed E-state index contributed by atoms with van der Waals surface area (Å²) < 4.78 is 31.7. The van der Waals surface area contributed by atoms with Gasteiger partial charge in [-0.2, -0.15) is 0 Å². The lowest BCUT2D eigenvalue weighted by Crippen LogP contribution is -2.32. The van der Waals surface area contributed by atoms with Crippen LogP contribution in [0.5, 0.6) is 5.75 Å². The lowest BCUT2D eigenvalue weighted by Gasteiger charge is -2.14. The molecule has 3 N–H and O–H groups in total. The number of rotatable bonds is 6. The monoisotopic (exact) mass is 272 g/mol. The van der Waals surface area contributed by atoms with Gasteiger partial charge in [0.15, 0.2) is 0 Å². The summed E-state index contributed by atoms with van der Waals surface area (Å²) in [5.74, 6) is 0.468. The quantitative estimate of drug-likeness (QED) is 0.773. The number of methoxy groups -OCH3 is 1. The molecule has 0 saturated heterocycles. The minimum Gasteiger partial charge on any atom is -0.495 e. The smallest absolute Gasteiger partial charge is 0.240 e. The van der Waals surface area contributed by atoms with E-state index in [0.29, 0.717) is 11.4 Å². The number of nitrogen functional groups attached to an aromatic ring is 1. The molecular formula is C12H20N2O3S. The zero-order valence-electron chi connectivity index (χ0n) is 10.9. The lowest BCUT2D eigenvalue weighted by atomic mass is 10.2. The molecule has 0 amide bonds. The minimum absolute atomic E-state index is 0.0941. The molecular weight excluding hydrogens is 252 g/mol. The molecule has 6 heteroatoms. The summed E-state index contributed by atoms with van der Waals surface area (Å²) in [6.45, 7) is 3.85. The zero-order valence-corrected chi connectivity index (χ0v) is 11.8. The fourth-order valence-corrected chi connectivity index (χ4v) is 3.02. The largest absolute Gasteiger partial charge is 0.495 e. The molecule has 0 aromatic heterocycles. The molecule has 5 nitrogen and oxygen atoms in total. The van der Waals surface area contributed by atoms with Crippen molar-refractivity contribution < 1.29 is 13.2 Å². The number of hydrogen-bond donors (Lipinski definition) is 2. The maximum absolute atomic E-state index is 12.1. The molecule has 1 aromatic carbocycles. The number of benzene rings is 1. The van der Waals surface area contributed by atoms with Gasteiger partial charge in [-0.15, -0.1) is 0 Å². The van der Waals surface area contributed by atoms with Crippen molar-refractivity contribution in [3.05, 3.63) is 18.2 Å². The van der Waals surface area contributed by atoms with E-state index in [1.54, 1.807) is 6.07 Å². The van der Waals surface area contributed by atoms with Crippen LogP contribution in [0.1, 0.15) is 26.7 Å². The van der Waals surface area contributed by atoms with Gasteiger partial charge in [0.2, 0.25) is 10.0 Å². The van der Waals surface area contributed by atoms with E-state index in [4.69, 9.17) is 10.5 Å². The van der Waals surface area contributed by atoms with Gasteiger partial charge in [-0.1, -0.05) is 13.3 Å². The van der Waals surface area contributed by atoms with E-state index in [-0.39, 0.29) is 10.9 Å². The van der Waals surface area contributed by atoms with Crippen LogP contribution >= 0.6 is 0 Å². The van der Waals surface area contributed by atoms with E-state index in [0.717, 1.165) is 12.8 Å². The standard InChI is InChI=1S/C12H20N2O3S/c1-4-5-9(2)14-18(15,16)10-6-7-12(17-3)11(13)8-10/h6-9,14H,4-5,13H2,1-3H3. The molecule has 1 aromatic rings. The van der Waals surface area contributed by atoms with E-state index in [1.807, 2.05) is 13.8 Å². The molecule has 0 fully saturated rings. The van der Waals surface area contributed by atoms with E-state index < -0.39 is 10.0 Å². The third-order valence-corrected chi connectivity index (χ3v) is 4.18. The molecule has 0 aliphatic carbocycles. The Hall–Kier alpha value is -1.27. The van der Waals surface area contributed by atoms with Gasteiger partial charge in [0.05, 0.1) is 17.7 Å². The van der Waals surface area contributed by atoms with Crippen molar-refractivity contribution >= 4 is 15.7 Å². The SMILES string of the molecule is CCCC(C)NS(=O)(=O)c1ccc(OC)c(N)c1. The average molecular weight is 272 g/mol. The fraction of sp³-hybridized carbons (Fsp3) is 0.500. The molecule has 1 rings (SSSR count). The Balaban J connectivity index is 2.95. The molecule has 1 unspecified atom stereocenters. The highest BCUT2D eigenvalue weighted by Crippen LogP contribution is 2.24. The highest BCUT2D eigenvalue weighted by Gasteiger charge is 2.18. The van der Waals surface area contributed by atoms with Crippen LogP contribution in [0.4, 0.5) is 5.69 Å². The Labute approximate surface area is 108 Å². The second kappa shape index (κ2) is 6.06. The number of sulfonamides is 1. The molecule has 0 aliphatic heterocycles. The van der Waals surface area contributed by atoms with E-state index in [9.17, 15) is 8.42 Å². The highest BCUT2D eigenvalue weighted by molar-refractivity contribution is 7.89. The van der Waals surface area contributed by atoms with Crippen LogP contribution in [0.2, 0.25) is 0 Å². The molecule has 0 radical (unpaired) electrons. The van der Waals surface area contributed by atoms with Gasteiger partial charge in [-0.25, -0.2) is 13.1 Å². The first kappa shape index (κ1) is 14.8. The maximum atomic E-state index is 12.1. The maximum Gasteiger partial charge on any atom is 0.240 e. The van der Waals surface area contributed by atoms with Crippen molar-refractivity contribution in [1.29, 1.82) is 0 Å². The van der Waals surface area contributed by atoms with Crippen LogP contribution in [0.3, 0.4) is 0 Å². The summed E-state index contributed by atoms with van der Waals surface area (Å²) in [7, 11) is -2.03. The van der Waals surface area contributed by atoms with Crippen molar-refractivity contribution in [1.82, 2.24) is 4.72 Å². The summed E-state index contributed by atoms with van der Waals surface area (Å²) in [5, 5.41) is 0. The van der Waals surface area contributed by atoms with Gasteiger partial charge >= 0.3 is 0 Å². The molecule has 0 heterocycles. The molecule has 18 heavy (non-hydrogen) atoms.